The lowest BCUT2D eigenvalue weighted by Crippen LogP contribution is -1.98. The Balaban J connectivity index is 1.82. The van der Waals surface area contributed by atoms with Gasteiger partial charge in [-0.2, -0.15) is 4.98 Å². The zero-order valence-electron chi connectivity index (χ0n) is 12.6. The van der Waals surface area contributed by atoms with Gasteiger partial charge in [-0.05, 0) is 24.3 Å². The van der Waals surface area contributed by atoms with Gasteiger partial charge in [-0.15, -0.1) is 11.8 Å². The molecule has 0 unspecified atom stereocenters. The molecule has 1 aromatic heterocycles. The normalized spacial score (nSPS) is 10.5. The van der Waals surface area contributed by atoms with Gasteiger partial charge in [0, 0.05) is 27.3 Å². The summed E-state index contributed by atoms with van der Waals surface area (Å²) in [4.78, 5) is 10.2. The molecule has 0 aliphatic rings. The number of hydrogen-bond donors (Lipinski definition) is 0. The topological polar surface area (TPSA) is 35.0 Å². The van der Waals surface area contributed by atoms with E-state index < -0.39 is 0 Å². The number of thioether (sulfide) groups is 1. The maximum absolute atomic E-state index is 5.91. The third-order valence-corrected chi connectivity index (χ3v) is 4.49. The van der Waals surface area contributed by atoms with Gasteiger partial charge >= 0.3 is 0 Å². The van der Waals surface area contributed by atoms with Crippen LogP contribution in [0, 0.1) is 0 Å². The Labute approximate surface area is 144 Å². The van der Waals surface area contributed by atoms with Gasteiger partial charge < -0.3 is 4.74 Å². The smallest absolute Gasteiger partial charge is 0.216 e. The van der Waals surface area contributed by atoms with E-state index in [1.807, 2.05) is 60.7 Å². The lowest BCUT2D eigenvalue weighted by atomic mass is 10.2. The first-order chi connectivity index (χ1) is 11.2. The summed E-state index contributed by atoms with van der Waals surface area (Å²) in [5, 5.41) is 0.740. The summed E-state index contributed by atoms with van der Waals surface area (Å²) in [6.45, 7) is 0. The van der Waals surface area contributed by atoms with Gasteiger partial charge in [-0.3, -0.25) is 0 Å². The van der Waals surface area contributed by atoms with Gasteiger partial charge in [0.05, 0.1) is 12.8 Å². The minimum Gasteiger partial charge on any atom is -0.481 e. The Bertz CT molecular complexity index is 779. The summed E-state index contributed by atoms with van der Waals surface area (Å²) >= 11 is 7.61. The van der Waals surface area contributed by atoms with Crippen molar-refractivity contribution in [1.29, 1.82) is 0 Å². The van der Waals surface area contributed by atoms with Crippen molar-refractivity contribution in [3.63, 3.8) is 0 Å². The second-order valence-electron chi connectivity index (χ2n) is 4.83. The average molecular weight is 343 g/mol. The highest BCUT2D eigenvalue weighted by Crippen LogP contribution is 2.26. The van der Waals surface area contributed by atoms with Gasteiger partial charge in [0.1, 0.15) is 0 Å². The Morgan fingerprint density at radius 1 is 1.00 bits per heavy atom. The van der Waals surface area contributed by atoms with Gasteiger partial charge in [0.25, 0.3) is 0 Å². The van der Waals surface area contributed by atoms with E-state index in [4.69, 9.17) is 16.3 Å². The quantitative estimate of drug-likeness (QED) is 0.604. The van der Waals surface area contributed by atoms with Crippen LogP contribution < -0.4 is 4.74 Å². The fourth-order valence-electron chi connectivity index (χ4n) is 2.06. The van der Waals surface area contributed by atoms with Crippen LogP contribution >= 0.6 is 23.4 Å². The SMILES string of the molecule is COc1cc(CSc2ccc(Cl)cc2)nc(-c2ccccc2)n1. The summed E-state index contributed by atoms with van der Waals surface area (Å²) < 4.78 is 5.31. The summed E-state index contributed by atoms with van der Waals surface area (Å²) in [6, 6.07) is 19.6. The number of methoxy groups -OCH3 is 1. The van der Waals surface area contributed by atoms with Crippen molar-refractivity contribution < 1.29 is 4.74 Å². The molecule has 3 nitrogen and oxygen atoms in total. The number of ether oxygens (including phenoxy) is 1. The molecule has 0 amide bonds. The summed E-state index contributed by atoms with van der Waals surface area (Å²) in [5.41, 5.74) is 1.90. The predicted molar refractivity (Wildman–Crippen MR) is 95.0 cm³/mol. The van der Waals surface area contributed by atoms with E-state index in [1.165, 1.54) is 0 Å². The molecular formula is C18H15ClN2OS. The van der Waals surface area contributed by atoms with Crippen molar-refractivity contribution in [3.05, 3.63) is 71.4 Å². The first-order valence-electron chi connectivity index (χ1n) is 7.10. The van der Waals surface area contributed by atoms with Gasteiger partial charge in [0.15, 0.2) is 5.82 Å². The number of nitrogens with zero attached hydrogens (tertiary/aromatic N) is 2. The summed E-state index contributed by atoms with van der Waals surface area (Å²) in [5.74, 6) is 1.99. The van der Waals surface area contributed by atoms with Crippen LogP contribution in [0.5, 0.6) is 5.88 Å². The van der Waals surface area contributed by atoms with E-state index >= 15 is 0 Å². The molecule has 0 aliphatic carbocycles. The van der Waals surface area contributed by atoms with Crippen LogP contribution in [0.2, 0.25) is 5.02 Å². The molecule has 116 valence electrons. The Morgan fingerprint density at radius 2 is 1.74 bits per heavy atom. The number of rotatable bonds is 5. The van der Waals surface area contributed by atoms with Crippen molar-refractivity contribution in [2.45, 2.75) is 10.6 Å². The Morgan fingerprint density at radius 3 is 2.43 bits per heavy atom. The van der Waals surface area contributed by atoms with Crippen LogP contribution in [0.15, 0.2) is 65.6 Å². The monoisotopic (exact) mass is 342 g/mol. The van der Waals surface area contributed by atoms with Crippen LogP contribution in [-0.2, 0) is 5.75 Å². The van der Waals surface area contributed by atoms with E-state index in [2.05, 4.69) is 9.97 Å². The molecule has 3 aromatic rings. The minimum absolute atomic E-state index is 0.575. The fourth-order valence-corrected chi connectivity index (χ4v) is 2.97. The number of aromatic nitrogens is 2. The molecule has 5 heteroatoms. The standard InChI is InChI=1S/C18H15ClN2OS/c1-22-17-11-15(12-23-16-9-7-14(19)8-10-16)20-18(21-17)13-5-3-2-4-6-13/h2-11H,12H2,1H3. The lowest BCUT2D eigenvalue weighted by molar-refractivity contribution is 0.397. The highest BCUT2D eigenvalue weighted by molar-refractivity contribution is 7.98. The largest absolute Gasteiger partial charge is 0.481 e. The molecular weight excluding hydrogens is 328 g/mol. The number of benzene rings is 2. The molecule has 2 aromatic carbocycles. The molecule has 0 saturated heterocycles. The second kappa shape index (κ2) is 7.49. The maximum atomic E-state index is 5.91. The van der Waals surface area contributed by atoms with E-state index in [9.17, 15) is 0 Å². The zero-order chi connectivity index (χ0) is 16.1. The van der Waals surface area contributed by atoms with Crippen molar-refractivity contribution in [2.75, 3.05) is 7.11 Å². The first-order valence-corrected chi connectivity index (χ1v) is 8.47. The summed E-state index contributed by atoms with van der Waals surface area (Å²) in [6.07, 6.45) is 0. The van der Waals surface area contributed by atoms with Gasteiger partial charge in [-0.25, -0.2) is 4.98 Å². The van der Waals surface area contributed by atoms with Crippen molar-refractivity contribution in [2.24, 2.45) is 0 Å². The van der Waals surface area contributed by atoms with E-state index in [1.54, 1.807) is 18.9 Å². The number of halogens is 1. The molecule has 3 rings (SSSR count). The highest BCUT2D eigenvalue weighted by Gasteiger charge is 2.08. The van der Waals surface area contributed by atoms with Gasteiger partial charge in [0.2, 0.25) is 5.88 Å². The molecule has 23 heavy (non-hydrogen) atoms. The molecule has 1 heterocycles. The van der Waals surface area contributed by atoms with Crippen molar-refractivity contribution >= 4 is 23.4 Å². The average Bonchev–Trinajstić information content (AvgIpc) is 2.61. The Kier molecular flexibility index (Phi) is 5.16. The van der Waals surface area contributed by atoms with Crippen LogP contribution in [0.4, 0.5) is 0 Å². The molecule has 0 bridgehead atoms. The molecule has 0 N–H and O–H groups in total. The highest BCUT2D eigenvalue weighted by atomic mass is 35.5. The molecule has 0 saturated carbocycles. The van der Waals surface area contributed by atoms with Crippen LogP contribution in [0.3, 0.4) is 0 Å². The van der Waals surface area contributed by atoms with Gasteiger partial charge in [-0.1, -0.05) is 41.9 Å². The minimum atomic E-state index is 0.575. The number of hydrogen-bond acceptors (Lipinski definition) is 4. The van der Waals surface area contributed by atoms with E-state index in [-0.39, 0.29) is 0 Å². The Hall–Kier alpha value is -2.04. The predicted octanol–water partition coefficient (Wildman–Crippen LogP) is 5.10. The van der Waals surface area contributed by atoms with Crippen LogP contribution in [0.25, 0.3) is 11.4 Å². The lowest BCUT2D eigenvalue weighted by Gasteiger charge is -2.07. The van der Waals surface area contributed by atoms with E-state index in [0.717, 1.165) is 26.9 Å². The molecule has 0 radical (unpaired) electrons. The van der Waals surface area contributed by atoms with Crippen molar-refractivity contribution in [3.8, 4) is 17.3 Å². The summed E-state index contributed by atoms with van der Waals surface area (Å²) in [7, 11) is 1.62. The van der Waals surface area contributed by atoms with Crippen LogP contribution in [0.1, 0.15) is 5.69 Å². The maximum Gasteiger partial charge on any atom is 0.216 e. The van der Waals surface area contributed by atoms with Crippen molar-refractivity contribution in [1.82, 2.24) is 9.97 Å². The molecule has 0 aliphatic heterocycles. The third kappa shape index (κ3) is 4.24. The first kappa shape index (κ1) is 15.8. The van der Waals surface area contributed by atoms with Crippen LogP contribution in [-0.4, -0.2) is 17.1 Å². The molecule has 0 atom stereocenters. The third-order valence-electron chi connectivity index (χ3n) is 3.20. The fraction of sp³-hybridized carbons (Fsp3) is 0.111. The zero-order valence-corrected chi connectivity index (χ0v) is 14.1. The second-order valence-corrected chi connectivity index (χ2v) is 6.32. The van der Waals surface area contributed by atoms with E-state index in [0.29, 0.717) is 11.7 Å². The molecule has 0 fully saturated rings. The molecule has 0 spiro atoms.